The highest BCUT2D eigenvalue weighted by atomic mass is 32.1. The molecule has 0 aliphatic carbocycles. The number of thiophene rings is 1. The maximum absolute atomic E-state index is 13.0. The van der Waals surface area contributed by atoms with Crippen LogP contribution < -0.4 is 5.32 Å². The van der Waals surface area contributed by atoms with Crippen LogP contribution in [0.25, 0.3) is 0 Å². The van der Waals surface area contributed by atoms with Crippen LogP contribution in [0.4, 0.5) is 0 Å². The van der Waals surface area contributed by atoms with Crippen molar-refractivity contribution in [2.75, 3.05) is 19.6 Å². The van der Waals surface area contributed by atoms with Crippen molar-refractivity contribution in [2.45, 2.75) is 58.4 Å². The molecular formula is C23H32N2OS. The van der Waals surface area contributed by atoms with Gasteiger partial charge in [0.15, 0.2) is 0 Å². The number of hydrogen-bond acceptors (Lipinski definition) is 3. The number of hydrogen-bond donors (Lipinski definition) is 1. The van der Waals surface area contributed by atoms with Gasteiger partial charge in [0.1, 0.15) is 0 Å². The van der Waals surface area contributed by atoms with Crippen LogP contribution in [0.1, 0.15) is 68.1 Å². The van der Waals surface area contributed by atoms with E-state index in [1.165, 1.54) is 21.6 Å². The fraction of sp³-hybridized carbons (Fsp3) is 0.522. The molecule has 2 aromatic rings. The Labute approximate surface area is 167 Å². The highest BCUT2D eigenvalue weighted by Gasteiger charge is 2.32. The van der Waals surface area contributed by atoms with Gasteiger partial charge in [-0.15, -0.1) is 11.3 Å². The summed E-state index contributed by atoms with van der Waals surface area (Å²) in [5.74, 6) is 0.202. The van der Waals surface area contributed by atoms with E-state index in [1.54, 1.807) is 0 Å². The Hall–Kier alpha value is -1.65. The van der Waals surface area contributed by atoms with Crippen LogP contribution in [0.2, 0.25) is 0 Å². The van der Waals surface area contributed by atoms with E-state index in [1.807, 2.05) is 11.3 Å². The molecule has 1 atom stereocenters. The first-order valence-corrected chi connectivity index (χ1v) is 11.0. The van der Waals surface area contributed by atoms with Crippen LogP contribution in [0.15, 0.2) is 35.7 Å². The fourth-order valence-electron chi connectivity index (χ4n) is 3.71. The quantitative estimate of drug-likeness (QED) is 0.718. The lowest BCUT2D eigenvalue weighted by atomic mass is 9.85. The molecule has 0 spiro atoms. The number of amides is 1. The molecule has 146 valence electrons. The minimum absolute atomic E-state index is 0.0366. The number of nitrogens with zero attached hydrogens (tertiary/aromatic N) is 1. The number of carbonyl (C=O) groups excluding carboxylic acids is 1. The van der Waals surface area contributed by atoms with Gasteiger partial charge in [0, 0.05) is 11.4 Å². The second-order valence-electron chi connectivity index (χ2n) is 8.44. The number of unbranched alkanes of at least 4 members (excludes halogenated alkanes) is 1. The van der Waals surface area contributed by atoms with E-state index in [-0.39, 0.29) is 17.4 Å². The summed E-state index contributed by atoms with van der Waals surface area (Å²) in [6.07, 6.45) is 3.22. The van der Waals surface area contributed by atoms with E-state index >= 15 is 0 Å². The first-order chi connectivity index (χ1) is 12.9. The minimum Gasteiger partial charge on any atom is -0.330 e. The van der Waals surface area contributed by atoms with Gasteiger partial charge in [0.05, 0.1) is 12.6 Å². The van der Waals surface area contributed by atoms with Gasteiger partial charge in [-0.3, -0.25) is 4.79 Å². The zero-order chi connectivity index (χ0) is 19.4. The van der Waals surface area contributed by atoms with Crippen LogP contribution >= 0.6 is 11.3 Å². The predicted octanol–water partition coefficient (Wildman–Crippen LogP) is 4.91. The van der Waals surface area contributed by atoms with Crippen molar-refractivity contribution in [3.05, 3.63) is 57.3 Å². The van der Waals surface area contributed by atoms with E-state index in [9.17, 15) is 4.79 Å². The number of fused-ring (bicyclic) bond motifs is 1. The van der Waals surface area contributed by atoms with Gasteiger partial charge in [0.25, 0.3) is 0 Å². The Balaban J connectivity index is 1.85. The Morgan fingerprint density at radius 1 is 1.22 bits per heavy atom. The van der Waals surface area contributed by atoms with Crippen LogP contribution in [0.3, 0.4) is 0 Å². The normalized spacial score (nSPS) is 17.0. The third-order valence-electron chi connectivity index (χ3n) is 5.36. The van der Waals surface area contributed by atoms with Gasteiger partial charge in [-0.2, -0.15) is 0 Å². The first kappa shape index (κ1) is 20.1. The van der Waals surface area contributed by atoms with Crippen molar-refractivity contribution >= 4 is 17.2 Å². The molecule has 0 saturated carbocycles. The minimum atomic E-state index is 0.0366. The molecule has 0 bridgehead atoms. The Kier molecular flexibility index (Phi) is 6.38. The molecule has 1 amide bonds. The lowest BCUT2D eigenvalue weighted by Crippen LogP contribution is -2.44. The molecular weight excluding hydrogens is 352 g/mol. The smallest absolute Gasteiger partial charge is 0.237 e. The van der Waals surface area contributed by atoms with Crippen molar-refractivity contribution < 1.29 is 4.79 Å². The monoisotopic (exact) mass is 384 g/mol. The van der Waals surface area contributed by atoms with Gasteiger partial charge in [-0.05, 0) is 52.9 Å². The second kappa shape index (κ2) is 8.57. The average Bonchev–Trinajstić information content (AvgIpc) is 3.12. The summed E-state index contributed by atoms with van der Waals surface area (Å²) in [5, 5.41) is 5.47. The first-order valence-electron chi connectivity index (χ1n) is 10.1. The summed E-state index contributed by atoms with van der Waals surface area (Å²) < 4.78 is 0. The molecule has 1 aliphatic rings. The molecule has 2 heterocycles. The lowest BCUT2D eigenvalue weighted by molar-refractivity contribution is -0.132. The molecule has 4 heteroatoms. The van der Waals surface area contributed by atoms with Gasteiger partial charge in [0.2, 0.25) is 5.91 Å². The van der Waals surface area contributed by atoms with E-state index in [0.717, 1.165) is 32.4 Å². The maximum atomic E-state index is 13.0. The zero-order valence-corrected chi connectivity index (χ0v) is 17.9. The summed E-state index contributed by atoms with van der Waals surface area (Å²) >= 11 is 1.82. The predicted molar refractivity (Wildman–Crippen MR) is 114 cm³/mol. The number of nitrogens with one attached hydrogen (secondary N) is 1. The number of carbonyl (C=O) groups is 1. The molecule has 1 aromatic carbocycles. The van der Waals surface area contributed by atoms with Crippen molar-refractivity contribution in [1.82, 2.24) is 10.2 Å². The number of rotatable bonds is 6. The lowest BCUT2D eigenvalue weighted by Gasteiger charge is -2.36. The largest absolute Gasteiger partial charge is 0.330 e. The van der Waals surface area contributed by atoms with Crippen molar-refractivity contribution in [3.8, 4) is 0 Å². The summed E-state index contributed by atoms with van der Waals surface area (Å²) in [5.41, 5.74) is 3.98. The molecule has 1 N–H and O–H groups in total. The van der Waals surface area contributed by atoms with Gasteiger partial charge < -0.3 is 10.2 Å². The third kappa shape index (κ3) is 4.61. The van der Waals surface area contributed by atoms with E-state index in [0.29, 0.717) is 6.54 Å². The van der Waals surface area contributed by atoms with Gasteiger partial charge in [-0.1, -0.05) is 58.4 Å². The standard InChI is InChI=1S/C23H32N2OS/c1-5-6-13-24-16-21(26)25-14-11-20-19(12-15-27-20)22(25)17-7-9-18(10-8-17)23(2,3)4/h7-10,12,15,22,24H,5-6,11,13-14,16H2,1-4H3/t22-/m1/s1. The van der Waals surface area contributed by atoms with Crippen LogP contribution in [-0.2, 0) is 16.6 Å². The average molecular weight is 385 g/mol. The highest BCUT2D eigenvalue weighted by Crippen LogP contribution is 2.38. The van der Waals surface area contributed by atoms with E-state index in [2.05, 4.69) is 73.6 Å². The Morgan fingerprint density at radius 2 is 1.96 bits per heavy atom. The topological polar surface area (TPSA) is 32.3 Å². The summed E-state index contributed by atoms with van der Waals surface area (Å²) in [4.78, 5) is 16.5. The molecule has 27 heavy (non-hydrogen) atoms. The molecule has 1 aromatic heterocycles. The Morgan fingerprint density at radius 3 is 2.63 bits per heavy atom. The molecule has 0 unspecified atom stereocenters. The SMILES string of the molecule is CCCCNCC(=O)N1CCc2sccc2[C@H]1c1ccc(C(C)(C)C)cc1. The zero-order valence-electron chi connectivity index (χ0n) is 17.0. The molecule has 0 saturated heterocycles. The summed E-state index contributed by atoms with van der Waals surface area (Å²) in [6.45, 7) is 11.0. The van der Waals surface area contributed by atoms with Gasteiger partial charge >= 0.3 is 0 Å². The maximum Gasteiger partial charge on any atom is 0.237 e. The second-order valence-corrected chi connectivity index (χ2v) is 9.44. The summed E-state index contributed by atoms with van der Waals surface area (Å²) in [7, 11) is 0. The molecule has 0 fully saturated rings. The highest BCUT2D eigenvalue weighted by molar-refractivity contribution is 7.10. The van der Waals surface area contributed by atoms with E-state index < -0.39 is 0 Å². The van der Waals surface area contributed by atoms with Crippen molar-refractivity contribution in [1.29, 1.82) is 0 Å². The van der Waals surface area contributed by atoms with Gasteiger partial charge in [-0.25, -0.2) is 0 Å². The van der Waals surface area contributed by atoms with Crippen LogP contribution in [-0.4, -0.2) is 30.4 Å². The Bertz CT molecular complexity index is 757. The fourth-order valence-corrected chi connectivity index (χ4v) is 4.61. The van der Waals surface area contributed by atoms with Crippen molar-refractivity contribution in [3.63, 3.8) is 0 Å². The molecule has 3 nitrogen and oxygen atoms in total. The third-order valence-corrected chi connectivity index (χ3v) is 6.36. The van der Waals surface area contributed by atoms with E-state index in [4.69, 9.17) is 0 Å². The molecule has 3 rings (SSSR count). The van der Waals surface area contributed by atoms with Crippen LogP contribution in [0.5, 0.6) is 0 Å². The molecule has 0 radical (unpaired) electrons. The molecule has 1 aliphatic heterocycles. The number of benzene rings is 1. The van der Waals surface area contributed by atoms with Crippen molar-refractivity contribution in [2.24, 2.45) is 0 Å². The van der Waals surface area contributed by atoms with Crippen LogP contribution in [0, 0.1) is 0 Å². The summed E-state index contributed by atoms with van der Waals surface area (Å²) in [6, 6.07) is 11.1.